The molecule has 27 heavy (non-hydrogen) atoms. The maximum Gasteiger partial charge on any atom is 0.321 e. The van der Waals surface area contributed by atoms with Crippen molar-refractivity contribution in [1.29, 1.82) is 0 Å². The predicted octanol–water partition coefficient (Wildman–Crippen LogP) is 3.71. The Bertz CT molecular complexity index is 662. The number of benzene rings is 1. The molecule has 1 aromatic rings. The van der Waals surface area contributed by atoms with Crippen molar-refractivity contribution >= 4 is 41.7 Å². The Kier molecular flexibility index (Phi) is 8.90. The molecular formula is C20H30IN5O. The van der Waals surface area contributed by atoms with E-state index < -0.39 is 0 Å². The van der Waals surface area contributed by atoms with Gasteiger partial charge in [-0.25, -0.2) is 9.79 Å². The predicted molar refractivity (Wildman–Crippen MR) is 122 cm³/mol. The molecule has 2 aliphatic rings. The summed E-state index contributed by atoms with van der Waals surface area (Å²) >= 11 is 0. The molecule has 0 aromatic heterocycles. The van der Waals surface area contributed by atoms with Gasteiger partial charge in [-0.15, -0.1) is 24.0 Å². The standard InChI is InChI=1S/C20H29N5O.HI/c1-2-21-19(23-17-9-3-4-10-17)22-15-16-8-7-11-18(14-16)24-20(26)25-12-5-6-13-25;/h3-4,7-8,11,14,17H,2,5-6,9-10,12-13,15H2,1H3,(H,24,26)(H2,21,22,23);1H. The molecule has 0 saturated carbocycles. The molecule has 0 unspecified atom stereocenters. The maximum atomic E-state index is 12.2. The number of nitrogens with one attached hydrogen (secondary N) is 3. The van der Waals surface area contributed by atoms with Gasteiger partial charge in [-0.1, -0.05) is 24.3 Å². The van der Waals surface area contributed by atoms with E-state index in [0.29, 0.717) is 12.6 Å². The zero-order chi connectivity index (χ0) is 18.2. The monoisotopic (exact) mass is 483 g/mol. The van der Waals surface area contributed by atoms with Crippen molar-refractivity contribution in [3.05, 3.63) is 42.0 Å². The summed E-state index contributed by atoms with van der Waals surface area (Å²) in [5.74, 6) is 0.840. The first-order chi connectivity index (χ1) is 12.7. The van der Waals surface area contributed by atoms with E-state index in [-0.39, 0.29) is 30.0 Å². The van der Waals surface area contributed by atoms with E-state index in [9.17, 15) is 4.79 Å². The third-order valence-corrected chi connectivity index (χ3v) is 4.68. The van der Waals surface area contributed by atoms with Gasteiger partial charge in [0, 0.05) is 31.4 Å². The molecule has 1 aromatic carbocycles. The first-order valence-corrected chi connectivity index (χ1v) is 9.59. The van der Waals surface area contributed by atoms with E-state index in [1.165, 1.54) is 0 Å². The molecule has 6 nitrogen and oxygen atoms in total. The van der Waals surface area contributed by atoms with Crippen LogP contribution in [-0.4, -0.2) is 42.6 Å². The van der Waals surface area contributed by atoms with Gasteiger partial charge in [0.1, 0.15) is 0 Å². The van der Waals surface area contributed by atoms with E-state index in [2.05, 4.69) is 40.0 Å². The number of aliphatic imine (C=N–C) groups is 1. The lowest BCUT2D eigenvalue weighted by Crippen LogP contribution is -2.42. The Labute approximate surface area is 178 Å². The van der Waals surface area contributed by atoms with Crippen LogP contribution < -0.4 is 16.0 Å². The SMILES string of the molecule is CCNC(=NCc1cccc(NC(=O)N2CCCC2)c1)NC1CC=CC1.I. The Morgan fingerprint density at radius 2 is 1.96 bits per heavy atom. The fraction of sp³-hybridized carbons (Fsp3) is 0.500. The van der Waals surface area contributed by atoms with Gasteiger partial charge in [0.05, 0.1) is 6.54 Å². The van der Waals surface area contributed by atoms with Crippen LogP contribution in [0.15, 0.2) is 41.4 Å². The van der Waals surface area contributed by atoms with Crippen LogP contribution in [0, 0.1) is 0 Å². The van der Waals surface area contributed by atoms with Gasteiger partial charge in [0.15, 0.2) is 5.96 Å². The summed E-state index contributed by atoms with van der Waals surface area (Å²) < 4.78 is 0. The second-order valence-electron chi connectivity index (χ2n) is 6.80. The quantitative estimate of drug-likeness (QED) is 0.259. The summed E-state index contributed by atoms with van der Waals surface area (Å²) in [6.07, 6.45) is 8.68. The van der Waals surface area contributed by atoms with Gasteiger partial charge in [-0.3, -0.25) is 0 Å². The van der Waals surface area contributed by atoms with Gasteiger partial charge < -0.3 is 20.9 Å². The van der Waals surface area contributed by atoms with Crippen molar-refractivity contribution in [3.63, 3.8) is 0 Å². The number of carbonyl (C=O) groups is 1. The topological polar surface area (TPSA) is 68.8 Å². The van der Waals surface area contributed by atoms with Gasteiger partial charge in [0.2, 0.25) is 0 Å². The van der Waals surface area contributed by atoms with E-state index in [1.54, 1.807) is 0 Å². The van der Waals surface area contributed by atoms with Crippen molar-refractivity contribution in [3.8, 4) is 0 Å². The van der Waals surface area contributed by atoms with Gasteiger partial charge in [0.25, 0.3) is 0 Å². The molecule has 3 N–H and O–H groups in total. The fourth-order valence-electron chi connectivity index (χ4n) is 3.29. The molecule has 0 bridgehead atoms. The molecule has 7 heteroatoms. The number of likely N-dealkylation sites (tertiary alicyclic amines) is 1. The average Bonchev–Trinajstić information content (AvgIpc) is 3.34. The number of urea groups is 1. The van der Waals surface area contributed by atoms with Crippen LogP contribution in [0.1, 0.15) is 38.2 Å². The molecule has 1 aliphatic heterocycles. The minimum atomic E-state index is -0.00751. The highest BCUT2D eigenvalue weighted by atomic mass is 127. The number of guanidine groups is 1. The molecule has 2 amide bonds. The highest BCUT2D eigenvalue weighted by Gasteiger charge is 2.17. The number of hydrogen-bond acceptors (Lipinski definition) is 2. The molecule has 1 saturated heterocycles. The minimum Gasteiger partial charge on any atom is -0.357 e. The summed E-state index contributed by atoms with van der Waals surface area (Å²) in [7, 11) is 0. The summed E-state index contributed by atoms with van der Waals surface area (Å²) in [5, 5.41) is 9.76. The first-order valence-electron chi connectivity index (χ1n) is 9.59. The van der Waals surface area contributed by atoms with Gasteiger partial charge in [-0.2, -0.15) is 0 Å². The van der Waals surface area contributed by atoms with Crippen LogP contribution in [0.4, 0.5) is 10.5 Å². The van der Waals surface area contributed by atoms with E-state index in [4.69, 9.17) is 0 Å². The van der Waals surface area contributed by atoms with Gasteiger partial charge in [-0.05, 0) is 50.3 Å². The second-order valence-corrected chi connectivity index (χ2v) is 6.80. The smallest absolute Gasteiger partial charge is 0.321 e. The Balaban J connectivity index is 0.00000261. The van der Waals surface area contributed by atoms with Crippen molar-refractivity contribution < 1.29 is 4.79 Å². The fourth-order valence-corrected chi connectivity index (χ4v) is 3.29. The number of amides is 2. The number of carbonyl (C=O) groups excluding carboxylic acids is 1. The number of halogens is 1. The van der Waals surface area contributed by atoms with Crippen LogP contribution in [0.5, 0.6) is 0 Å². The third-order valence-electron chi connectivity index (χ3n) is 4.68. The third kappa shape index (κ3) is 6.71. The Morgan fingerprint density at radius 1 is 1.22 bits per heavy atom. The number of nitrogens with zero attached hydrogens (tertiary/aromatic N) is 2. The highest BCUT2D eigenvalue weighted by molar-refractivity contribution is 14.0. The molecule has 1 fully saturated rings. The maximum absolute atomic E-state index is 12.2. The lowest BCUT2D eigenvalue weighted by atomic mass is 10.2. The number of rotatable bonds is 5. The second kappa shape index (κ2) is 11.2. The van der Waals surface area contributed by atoms with Crippen LogP contribution in [0.3, 0.4) is 0 Å². The van der Waals surface area contributed by atoms with Gasteiger partial charge >= 0.3 is 6.03 Å². The van der Waals surface area contributed by atoms with Crippen molar-refractivity contribution in [1.82, 2.24) is 15.5 Å². The molecule has 1 aliphatic carbocycles. The van der Waals surface area contributed by atoms with E-state index in [1.807, 2.05) is 29.2 Å². The molecule has 3 rings (SSSR count). The van der Waals surface area contributed by atoms with E-state index >= 15 is 0 Å². The lowest BCUT2D eigenvalue weighted by Gasteiger charge is -2.17. The molecule has 0 spiro atoms. The van der Waals surface area contributed by atoms with Crippen LogP contribution >= 0.6 is 24.0 Å². The van der Waals surface area contributed by atoms with Crippen LogP contribution in [-0.2, 0) is 6.54 Å². The van der Waals surface area contributed by atoms with E-state index in [0.717, 1.165) is 62.5 Å². The van der Waals surface area contributed by atoms with Crippen LogP contribution in [0.2, 0.25) is 0 Å². The lowest BCUT2D eigenvalue weighted by molar-refractivity contribution is 0.222. The molecular weight excluding hydrogens is 453 g/mol. The normalized spacial score (nSPS) is 16.9. The number of anilines is 1. The largest absolute Gasteiger partial charge is 0.357 e. The molecule has 0 radical (unpaired) electrons. The molecule has 148 valence electrons. The first kappa shape index (κ1) is 21.5. The Morgan fingerprint density at radius 3 is 2.67 bits per heavy atom. The molecule has 0 atom stereocenters. The summed E-state index contributed by atoms with van der Waals surface area (Å²) in [5.41, 5.74) is 1.90. The van der Waals surface area contributed by atoms with Crippen molar-refractivity contribution in [2.24, 2.45) is 4.99 Å². The zero-order valence-electron chi connectivity index (χ0n) is 15.9. The number of hydrogen-bond donors (Lipinski definition) is 3. The molecule has 1 heterocycles. The Hall–Kier alpha value is -1.77. The zero-order valence-corrected chi connectivity index (χ0v) is 18.2. The minimum absolute atomic E-state index is 0. The van der Waals surface area contributed by atoms with Crippen LogP contribution in [0.25, 0.3) is 0 Å². The summed E-state index contributed by atoms with van der Waals surface area (Å²) in [4.78, 5) is 18.8. The van der Waals surface area contributed by atoms with Crippen molar-refractivity contribution in [2.75, 3.05) is 25.0 Å². The highest BCUT2D eigenvalue weighted by Crippen LogP contribution is 2.15. The summed E-state index contributed by atoms with van der Waals surface area (Å²) in [6, 6.07) is 8.35. The summed E-state index contributed by atoms with van der Waals surface area (Å²) in [6.45, 7) is 5.17. The van der Waals surface area contributed by atoms with Crippen molar-refractivity contribution in [2.45, 2.75) is 45.2 Å². The average molecular weight is 483 g/mol.